The van der Waals surface area contributed by atoms with E-state index in [1.807, 2.05) is 25.1 Å². The highest BCUT2D eigenvalue weighted by molar-refractivity contribution is 6.32. The van der Waals surface area contributed by atoms with Crippen molar-refractivity contribution in [2.45, 2.75) is 20.1 Å². The van der Waals surface area contributed by atoms with Crippen LogP contribution >= 0.6 is 11.6 Å². The molecule has 0 saturated carbocycles. The van der Waals surface area contributed by atoms with Gasteiger partial charge in [-0.05, 0) is 30.7 Å². The molecule has 0 bridgehead atoms. The maximum absolute atomic E-state index is 12.1. The van der Waals surface area contributed by atoms with Gasteiger partial charge in [-0.2, -0.15) is 8.78 Å². The Morgan fingerprint density at radius 3 is 2.65 bits per heavy atom. The van der Waals surface area contributed by atoms with Gasteiger partial charge in [0.25, 0.3) is 0 Å². The summed E-state index contributed by atoms with van der Waals surface area (Å²) in [5.74, 6) is -0.0252. The van der Waals surface area contributed by atoms with Crippen molar-refractivity contribution in [1.29, 1.82) is 0 Å². The first kappa shape index (κ1) is 14.6. The van der Waals surface area contributed by atoms with Gasteiger partial charge in [0, 0.05) is 12.2 Å². The Hall–Kier alpha value is -1.81. The number of alkyl halides is 2. The monoisotopic (exact) mass is 297 g/mol. The number of aryl methyl sites for hydroxylation is 1. The maximum atomic E-state index is 12.1. The van der Waals surface area contributed by atoms with Gasteiger partial charge in [-0.25, -0.2) is 0 Å². The molecule has 0 radical (unpaired) electrons. The largest absolute Gasteiger partial charge is 0.433 e. The molecule has 2 aromatic rings. The highest BCUT2D eigenvalue weighted by Crippen LogP contribution is 2.29. The Kier molecular flexibility index (Phi) is 4.79. The van der Waals surface area contributed by atoms with Crippen LogP contribution in [0, 0.1) is 6.92 Å². The lowest BCUT2D eigenvalue weighted by Gasteiger charge is -2.10. The quantitative estimate of drug-likeness (QED) is 0.851. The van der Waals surface area contributed by atoms with Gasteiger partial charge in [-0.3, -0.25) is 0 Å². The Morgan fingerprint density at radius 2 is 2.00 bits per heavy atom. The molecule has 0 amide bonds. The van der Waals surface area contributed by atoms with Crippen molar-refractivity contribution in [1.82, 2.24) is 0 Å². The van der Waals surface area contributed by atoms with Crippen molar-refractivity contribution in [2.24, 2.45) is 0 Å². The summed E-state index contributed by atoms with van der Waals surface area (Å²) in [5.41, 5.74) is 3.06. The number of hydrogen-bond donors (Lipinski definition) is 1. The third kappa shape index (κ3) is 4.10. The van der Waals surface area contributed by atoms with E-state index in [0.717, 1.165) is 11.3 Å². The molecule has 20 heavy (non-hydrogen) atoms. The van der Waals surface area contributed by atoms with Crippen molar-refractivity contribution >= 4 is 17.3 Å². The van der Waals surface area contributed by atoms with E-state index in [1.165, 1.54) is 11.6 Å². The van der Waals surface area contributed by atoms with Crippen LogP contribution in [0.3, 0.4) is 0 Å². The van der Waals surface area contributed by atoms with Crippen molar-refractivity contribution in [3.8, 4) is 5.75 Å². The van der Waals surface area contributed by atoms with Crippen LogP contribution in [0.25, 0.3) is 0 Å². The fourth-order valence-corrected chi connectivity index (χ4v) is 2.05. The van der Waals surface area contributed by atoms with Gasteiger partial charge in [0.15, 0.2) is 0 Å². The highest BCUT2D eigenvalue weighted by Gasteiger charge is 2.08. The summed E-state index contributed by atoms with van der Waals surface area (Å²) < 4.78 is 28.5. The molecule has 0 aliphatic heterocycles. The molecule has 0 fully saturated rings. The Morgan fingerprint density at radius 1 is 1.20 bits per heavy atom. The minimum Gasteiger partial charge on any atom is -0.433 e. The predicted octanol–water partition coefficient (Wildman–Crippen LogP) is 4.86. The molecule has 0 spiro atoms. The highest BCUT2D eigenvalue weighted by atomic mass is 35.5. The first-order chi connectivity index (χ1) is 9.54. The molecule has 0 aromatic heterocycles. The lowest BCUT2D eigenvalue weighted by Crippen LogP contribution is -2.03. The number of benzene rings is 2. The molecule has 0 unspecified atom stereocenters. The molecule has 0 aliphatic carbocycles. The summed E-state index contributed by atoms with van der Waals surface area (Å²) >= 11 is 5.88. The lowest BCUT2D eigenvalue weighted by atomic mass is 10.1. The zero-order valence-corrected chi connectivity index (χ0v) is 11.6. The van der Waals surface area contributed by atoms with Gasteiger partial charge in [0.05, 0.1) is 5.02 Å². The van der Waals surface area contributed by atoms with E-state index in [0.29, 0.717) is 6.54 Å². The number of nitrogens with one attached hydrogen (secondary N) is 1. The second kappa shape index (κ2) is 6.57. The van der Waals surface area contributed by atoms with Crippen LogP contribution in [0.5, 0.6) is 5.75 Å². The number of hydrogen-bond acceptors (Lipinski definition) is 2. The number of rotatable bonds is 5. The van der Waals surface area contributed by atoms with E-state index in [4.69, 9.17) is 11.6 Å². The maximum Gasteiger partial charge on any atom is 0.387 e. The van der Waals surface area contributed by atoms with Crippen molar-refractivity contribution in [3.05, 3.63) is 58.6 Å². The molecule has 0 heterocycles. The standard InChI is InChI=1S/C15H14ClF2NO/c1-10-3-2-4-11(7-10)9-19-12-5-6-14(13(16)8-12)20-15(17)18/h2-8,15,19H,9H2,1H3. The van der Waals surface area contributed by atoms with E-state index < -0.39 is 6.61 Å². The summed E-state index contributed by atoms with van der Waals surface area (Å²) in [7, 11) is 0. The summed E-state index contributed by atoms with van der Waals surface area (Å²) in [4.78, 5) is 0. The molecular weight excluding hydrogens is 284 g/mol. The molecule has 2 rings (SSSR count). The lowest BCUT2D eigenvalue weighted by molar-refractivity contribution is -0.0497. The van der Waals surface area contributed by atoms with Crippen molar-refractivity contribution < 1.29 is 13.5 Å². The minimum atomic E-state index is -2.88. The first-order valence-electron chi connectivity index (χ1n) is 6.08. The average molecular weight is 298 g/mol. The van der Waals surface area contributed by atoms with Crippen LogP contribution in [0.2, 0.25) is 5.02 Å². The van der Waals surface area contributed by atoms with Crippen molar-refractivity contribution in [3.63, 3.8) is 0 Å². The molecule has 106 valence electrons. The van der Waals surface area contributed by atoms with E-state index >= 15 is 0 Å². The minimum absolute atomic E-state index is 0.0252. The van der Waals surface area contributed by atoms with Gasteiger partial charge in [-0.15, -0.1) is 0 Å². The van der Waals surface area contributed by atoms with Crippen LogP contribution in [0.4, 0.5) is 14.5 Å². The third-order valence-corrected chi connectivity index (χ3v) is 3.02. The predicted molar refractivity (Wildman–Crippen MR) is 76.6 cm³/mol. The van der Waals surface area contributed by atoms with Gasteiger partial charge < -0.3 is 10.1 Å². The zero-order chi connectivity index (χ0) is 14.5. The van der Waals surface area contributed by atoms with E-state index in [9.17, 15) is 8.78 Å². The molecule has 0 aliphatic rings. The van der Waals surface area contributed by atoms with E-state index in [-0.39, 0.29) is 10.8 Å². The molecule has 2 nitrogen and oxygen atoms in total. The van der Waals surface area contributed by atoms with Crippen LogP contribution in [-0.2, 0) is 6.54 Å². The van der Waals surface area contributed by atoms with E-state index in [2.05, 4.69) is 16.1 Å². The number of ether oxygens (including phenoxy) is 1. The summed E-state index contributed by atoms with van der Waals surface area (Å²) in [5, 5.41) is 3.33. The fourth-order valence-electron chi connectivity index (χ4n) is 1.83. The second-order valence-corrected chi connectivity index (χ2v) is 4.77. The van der Waals surface area contributed by atoms with Gasteiger partial charge in [0.2, 0.25) is 0 Å². The molecular formula is C15H14ClF2NO. The Bertz CT molecular complexity index is 590. The van der Waals surface area contributed by atoms with Crippen LogP contribution in [0.1, 0.15) is 11.1 Å². The topological polar surface area (TPSA) is 21.3 Å². The molecule has 5 heteroatoms. The molecule has 2 aromatic carbocycles. The molecule has 1 N–H and O–H groups in total. The van der Waals surface area contributed by atoms with Gasteiger partial charge >= 0.3 is 6.61 Å². The Labute approximate surface area is 121 Å². The fraction of sp³-hybridized carbons (Fsp3) is 0.200. The smallest absolute Gasteiger partial charge is 0.387 e. The normalized spacial score (nSPS) is 10.7. The summed E-state index contributed by atoms with van der Waals surface area (Å²) in [6, 6.07) is 12.7. The SMILES string of the molecule is Cc1cccc(CNc2ccc(OC(F)F)c(Cl)c2)c1. The molecule has 0 atom stereocenters. The second-order valence-electron chi connectivity index (χ2n) is 4.37. The summed E-state index contributed by atoms with van der Waals surface area (Å²) in [6.45, 7) is -0.220. The van der Waals surface area contributed by atoms with Crippen molar-refractivity contribution in [2.75, 3.05) is 5.32 Å². The van der Waals surface area contributed by atoms with Gasteiger partial charge in [0.1, 0.15) is 5.75 Å². The van der Waals surface area contributed by atoms with Crippen LogP contribution < -0.4 is 10.1 Å². The molecule has 0 saturated heterocycles. The van der Waals surface area contributed by atoms with E-state index in [1.54, 1.807) is 12.1 Å². The zero-order valence-electron chi connectivity index (χ0n) is 10.9. The van der Waals surface area contributed by atoms with Crippen LogP contribution in [-0.4, -0.2) is 6.61 Å². The summed E-state index contributed by atoms with van der Waals surface area (Å²) in [6.07, 6.45) is 0. The average Bonchev–Trinajstić information content (AvgIpc) is 2.39. The van der Waals surface area contributed by atoms with Crippen LogP contribution in [0.15, 0.2) is 42.5 Å². The number of anilines is 1. The Balaban J connectivity index is 2.02. The van der Waals surface area contributed by atoms with Gasteiger partial charge in [-0.1, -0.05) is 41.4 Å². The number of halogens is 3. The third-order valence-electron chi connectivity index (χ3n) is 2.73. The first-order valence-corrected chi connectivity index (χ1v) is 6.46.